The number of rotatable bonds is 8. The summed E-state index contributed by atoms with van der Waals surface area (Å²) in [5.41, 5.74) is 0.827. The Morgan fingerprint density at radius 1 is 1.11 bits per heavy atom. The average molecular weight is 509 g/mol. The standard InChI is InChI=1S/C26H24N2O7S/c1-4-34-19-11-10-16(12-20(19)35-5-2)22-18(25(32)33-3)14-27-26-28(22)23(29)21(36-26)13-15-8-6-7-9-17(15)24(30)31/h6-14,22H,4-5H2,1-3H3,(H,30,31)/b21-13+/t22-/m1/s1. The molecule has 2 heterocycles. The fourth-order valence-electron chi connectivity index (χ4n) is 3.95. The summed E-state index contributed by atoms with van der Waals surface area (Å²) in [4.78, 5) is 42.6. The molecule has 0 saturated heterocycles. The van der Waals surface area contributed by atoms with Gasteiger partial charge in [-0.3, -0.25) is 9.36 Å². The lowest BCUT2D eigenvalue weighted by Gasteiger charge is -2.23. The van der Waals surface area contributed by atoms with Crippen LogP contribution in [0.3, 0.4) is 0 Å². The number of carboxylic acids is 1. The minimum atomic E-state index is -1.10. The predicted octanol–water partition coefficient (Wildman–Crippen LogP) is 2.51. The number of methoxy groups -OCH3 is 1. The third-order valence-electron chi connectivity index (χ3n) is 5.49. The molecule has 4 rings (SSSR count). The molecule has 0 spiro atoms. The Morgan fingerprint density at radius 3 is 2.53 bits per heavy atom. The Labute approximate surface area is 210 Å². The highest BCUT2D eigenvalue weighted by Crippen LogP contribution is 2.35. The van der Waals surface area contributed by atoms with Crippen molar-refractivity contribution in [3.63, 3.8) is 0 Å². The Hall–Kier alpha value is -4.18. The molecule has 0 saturated carbocycles. The summed E-state index contributed by atoms with van der Waals surface area (Å²) in [6.45, 7) is 4.55. The summed E-state index contributed by atoms with van der Waals surface area (Å²) in [5, 5.41) is 9.52. The zero-order valence-electron chi connectivity index (χ0n) is 19.9. The average Bonchev–Trinajstić information content (AvgIpc) is 3.19. The number of aromatic nitrogens is 1. The van der Waals surface area contributed by atoms with Gasteiger partial charge < -0.3 is 19.3 Å². The minimum absolute atomic E-state index is 0.0722. The van der Waals surface area contributed by atoms with Gasteiger partial charge in [0.05, 0.1) is 42.0 Å². The molecule has 1 atom stereocenters. The number of thiazole rings is 1. The first-order valence-electron chi connectivity index (χ1n) is 11.2. The van der Waals surface area contributed by atoms with Crippen LogP contribution in [0.15, 0.2) is 64.0 Å². The monoisotopic (exact) mass is 508 g/mol. The summed E-state index contributed by atoms with van der Waals surface area (Å²) in [6.07, 6.45) is 2.92. The SMILES string of the molecule is CCOc1ccc([C@@H]2C(C(=O)OC)=CN=c3s/c(=C/c4ccccc4C(=O)O)c(=O)n32)cc1OCC. The van der Waals surface area contributed by atoms with Crippen molar-refractivity contribution < 1.29 is 28.9 Å². The van der Waals surface area contributed by atoms with Gasteiger partial charge in [0.25, 0.3) is 5.56 Å². The van der Waals surface area contributed by atoms with Crippen LogP contribution in [-0.2, 0) is 9.53 Å². The smallest absolute Gasteiger partial charge is 0.337 e. The maximum absolute atomic E-state index is 13.6. The van der Waals surface area contributed by atoms with Crippen LogP contribution in [0.5, 0.6) is 11.5 Å². The van der Waals surface area contributed by atoms with Crippen LogP contribution >= 0.6 is 11.3 Å². The van der Waals surface area contributed by atoms with Gasteiger partial charge in [0.2, 0.25) is 0 Å². The predicted molar refractivity (Wildman–Crippen MR) is 133 cm³/mol. The number of aromatic carboxylic acids is 1. The molecule has 2 aromatic carbocycles. The van der Waals surface area contributed by atoms with Crippen molar-refractivity contribution in [2.75, 3.05) is 20.3 Å². The van der Waals surface area contributed by atoms with E-state index in [-0.39, 0.29) is 15.7 Å². The summed E-state index contributed by atoms with van der Waals surface area (Å²) < 4.78 is 18.1. The molecule has 1 N–H and O–H groups in total. The zero-order chi connectivity index (χ0) is 25.8. The molecule has 0 radical (unpaired) electrons. The number of fused-ring (bicyclic) bond motifs is 1. The largest absolute Gasteiger partial charge is 0.490 e. The first-order chi connectivity index (χ1) is 17.4. The van der Waals surface area contributed by atoms with Crippen molar-refractivity contribution in [2.45, 2.75) is 19.9 Å². The fraction of sp³-hybridized carbons (Fsp3) is 0.231. The number of hydrogen-bond donors (Lipinski definition) is 1. The highest BCUT2D eigenvalue weighted by molar-refractivity contribution is 7.07. The van der Waals surface area contributed by atoms with E-state index < -0.39 is 23.5 Å². The van der Waals surface area contributed by atoms with Crippen molar-refractivity contribution >= 4 is 29.4 Å². The van der Waals surface area contributed by atoms with Crippen molar-refractivity contribution in [3.05, 3.63) is 90.6 Å². The first-order valence-corrected chi connectivity index (χ1v) is 12.0. The van der Waals surface area contributed by atoms with Crippen molar-refractivity contribution in [1.29, 1.82) is 0 Å². The number of carboxylic acid groups (broad SMARTS) is 1. The van der Waals surface area contributed by atoms with Crippen molar-refractivity contribution in [1.82, 2.24) is 4.57 Å². The summed E-state index contributed by atoms with van der Waals surface area (Å²) in [7, 11) is 1.26. The highest BCUT2D eigenvalue weighted by Gasteiger charge is 2.31. The second-order valence-electron chi connectivity index (χ2n) is 7.64. The van der Waals surface area contributed by atoms with Gasteiger partial charge in [0.1, 0.15) is 0 Å². The Kier molecular flexibility index (Phi) is 7.35. The Morgan fingerprint density at radius 2 is 1.83 bits per heavy atom. The number of esters is 1. The number of benzene rings is 2. The maximum atomic E-state index is 13.6. The highest BCUT2D eigenvalue weighted by atomic mass is 32.1. The summed E-state index contributed by atoms with van der Waals surface area (Å²) >= 11 is 1.11. The molecular weight excluding hydrogens is 484 g/mol. The molecular formula is C26H24N2O7S. The molecule has 0 bridgehead atoms. The van der Waals surface area contributed by atoms with Gasteiger partial charge in [0, 0.05) is 6.20 Å². The first kappa shape index (κ1) is 24.9. The van der Waals surface area contributed by atoms with E-state index in [9.17, 15) is 19.5 Å². The number of nitrogens with zero attached hydrogens (tertiary/aromatic N) is 2. The number of carbonyl (C=O) groups excluding carboxylic acids is 1. The van der Waals surface area contributed by atoms with Crippen LogP contribution in [0.1, 0.15) is 41.4 Å². The number of hydrogen-bond acceptors (Lipinski definition) is 8. The molecule has 186 valence electrons. The van der Waals surface area contributed by atoms with Gasteiger partial charge in [-0.05, 0) is 49.2 Å². The second-order valence-corrected chi connectivity index (χ2v) is 8.65. The Balaban J connectivity index is 1.93. The van der Waals surface area contributed by atoms with E-state index in [4.69, 9.17) is 14.2 Å². The van der Waals surface area contributed by atoms with Crippen molar-refractivity contribution in [2.24, 2.45) is 4.99 Å². The van der Waals surface area contributed by atoms with Gasteiger partial charge in [-0.15, -0.1) is 0 Å². The molecule has 1 aliphatic heterocycles. The van der Waals surface area contributed by atoms with E-state index in [1.54, 1.807) is 36.4 Å². The van der Waals surface area contributed by atoms with E-state index >= 15 is 0 Å². The Bertz CT molecular complexity index is 1530. The van der Waals surface area contributed by atoms with Gasteiger partial charge in [-0.2, -0.15) is 0 Å². The molecule has 1 aliphatic rings. The molecule has 36 heavy (non-hydrogen) atoms. The van der Waals surface area contributed by atoms with Crippen molar-refractivity contribution in [3.8, 4) is 11.5 Å². The summed E-state index contributed by atoms with van der Waals surface area (Å²) in [5.74, 6) is -0.695. The quantitative estimate of drug-likeness (QED) is 0.465. The molecule has 0 aliphatic carbocycles. The normalized spacial score (nSPS) is 14.9. The fourth-order valence-corrected chi connectivity index (χ4v) is 4.91. The third kappa shape index (κ3) is 4.67. The van der Waals surface area contributed by atoms with Crippen LogP contribution in [-0.4, -0.2) is 41.9 Å². The van der Waals surface area contributed by atoms with Crippen LogP contribution < -0.4 is 24.4 Å². The maximum Gasteiger partial charge on any atom is 0.337 e. The molecule has 0 unspecified atom stereocenters. The van der Waals surface area contributed by atoms with Crippen LogP contribution in [0.4, 0.5) is 0 Å². The number of ether oxygens (including phenoxy) is 3. The van der Waals surface area contributed by atoms with E-state index in [0.29, 0.717) is 40.6 Å². The third-order valence-corrected chi connectivity index (χ3v) is 6.48. The van der Waals surface area contributed by atoms with Crippen LogP contribution in [0.25, 0.3) is 6.08 Å². The van der Waals surface area contributed by atoms with Crippen LogP contribution in [0, 0.1) is 0 Å². The molecule has 10 heteroatoms. The second kappa shape index (κ2) is 10.6. The lowest BCUT2D eigenvalue weighted by atomic mass is 9.97. The van der Waals surface area contributed by atoms with E-state index in [2.05, 4.69) is 4.99 Å². The lowest BCUT2D eigenvalue weighted by Crippen LogP contribution is -2.39. The molecule has 0 amide bonds. The minimum Gasteiger partial charge on any atom is -0.490 e. The molecule has 1 aromatic heterocycles. The van der Waals surface area contributed by atoms with Gasteiger partial charge in [-0.1, -0.05) is 35.6 Å². The zero-order valence-corrected chi connectivity index (χ0v) is 20.7. The number of carbonyl (C=O) groups is 2. The van der Waals surface area contributed by atoms with Gasteiger partial charge in [0.15, 0.2) is 16.3 Å². The molecule has 9 nitrogen and oxygen atoms in total. The van der Waals surface area contributed by atoms with E-state index in [1.807, 2.05) is 13.8 Å². The topological polar surface area (TPSA) is 116 Å². The molecule has 3 aromatic rings. The van der Waals surface area contributed by atoms with Gasteiger partial charge in [-0.25, -0.2) is 14.6 Å². The van der Waals surface area contributed by atoms with Gasteiger partial charge >= 0.3 is 11.9 Å². The van der Waals surface area contributed by atoms with Crippen LogP contribution in [0.2, 0.25) is 0 Å². The lowest BCUT2D eigenvalue weighted by molar-refractivity contribution is -0.136. The van der Waals surface area contributed by atoms with E-state index in [1.165, 1.54) is 30.0 Å². The molecule has 0 fully saturated rings. The van der Waals surface area contributed by atoms with E-state index in [0.717, 1.165) is 11.3 Å². The summed E-state index contributed by atoms with van der Waals surface area (Å²) in [6, 6.07) is 10.8.